The van der Waals surface area contributed by atoms with Crippen LogP contribution in [0.5, 0.6) is 0 Å². The number of ether oxygens (including phenoxy) is 1. The Morgan fingerprint density at radius 3 is 2.57 bits per heavy atom. The molecule has 0 N–H and O–H groups in total. The van der Waals surface area contributed by atoms with Gasteiger partial charge in [0.2, 0.25) is 0 Å². The zero-order valence-electron chi connectivity index (χ0n) is 18.8. The average molecular weight is 434 g/mol. The van der Waals surface area contributed by atoms with E-state index in [1.807, 2.05) is 18.2 Å². The van der Waals surface area contributed by atoms with E-state index in [4.69, 9.17) is 4.74 Å². The van der Waals surface area contributed by atoms with Crippen LogP contribution in [0.15, 0.2) is 35.2 Å². The molecule has 1 aromatic carbocycles. The van der Waals surface area contributed by atoms with Crippen LogP contribution in [0.4, 0.5) is 0 Å². The minimum Gasteiger partial charge on any atom is -0.370 e. The van der Waals surface area contributed by atoms with Gasteiger partial charge in [-0.25, -0.2) is 8.42 Å². The maximum Gasteiger partial charge on any atom is 0.184 e. The van der Waals surface area contributed by atoms with E-state index in [-0.39, 0.29) is 17.4 Å². The fourth-order valence-electron chi connectivity index (χ4n) is 4.21. The van der Waals surface area contributed by atoms with Gasteiger partial charge in [0, 0.05) is 31.5 Å². The number of hydrogen-bond donors (Lipinski definition) is 0. The van der Waals surface area contributed by atoms with E-state index in [9.17, 15) is 13.2 Å². The topological polar surface area (TPSA) is 63.7 Å². The normalized spacial score (nSPS) is 22.7. The lowest BCUT2D eigenvalue weighted by atomic mass is 9.84. The van der Waals surface area contributed by atoms with Gasteiger partial charge in [0.05, 0.1) is 4.90 Å². The third-order valence-corrected chi connectivity index (χ3v) is 7.42. The van der Waals surface area contributed by atoms with Crippen LogP contribution < -0.4 is 0 Å². The number of benzene rings is 1. The number of nitrogens with zero attached hydrogens (tertiary/aromatic N) is 1. The summed E-state index contributed by atoms with van der Waals surface area (Å²) in [7, 11) is -3.19. The minimum atomic E-state index is -3.19. The van der Waals surface area contributed by atoms with Crippen LogP contribution in [-0.2, 0) is 32.5 Å². The lowest BCUT2D eigenvalue weighted by Crippen LogP contribution is -2.40. The van der Waals surface area contributed by atoms with Gasteiger partial charge in [-0.15, -0.1) is 0 Å². The molecular weight excluding hydrogens is 398 g/mol. The summed E-state index contributed by atoms with van der Waals surface area (Å²) >= 11 is 0. The second kappa shape index (κ2) is 8.93. The standard InChI is InChI=1S/C24H35NO4S/c1-17(2)16-29-23-12-18(6-9-22(23)26)10-11-24(3,4)25-14-19-7-8-21(30(5,27)28)13-20(19)15-25/h6-9,13,17-18,23H,10-12,14-16H2,1-5H3. The van der Waals surface area contributed by atoms with Crippen molar-refractivity contribution >= 4 is 15.6 Å². The Morgan fingerprint density at radius 2 is 1.90 bits per heavy atom. The molecule has 6 heteroatoms. The number of carbonyl (C=O) groups is 1. The van der Waals surface area contributed by atoms with Crippen molar-refractivity contribution in [3.8, 4) is 0 Å². The van der Waals surface area contributed by atoms with E-state index in [1.54, 1.807) is 12.1 Å². The Hall–Kier alpha value is -1.50. The van der Waals surface area contributed by atoms with Crippen LogP contribution in [0.2, 0.25) is 0 Å². The van der Waals surface area contributed by atoms with E-state index in [2.05, 4.69) is 32.6 Å². The molecule has 2 unspecified atom stereocenters. The molecule has 1 heterocycles. The lowest BCUT2D eigenvalue weighted by molar-refractivity contribution is -0.128. The van der Waals surface area contributed by atoms with Gasteiger partial charge >= 0.3 is 0 Å². The van der Waals surface area contributed by atoms with Crippen molar-refractivity contribution in [3.63, 3.8) is 0 Å². The second-order valence-electron chi connectivity index (χ2n) is 9.88. The first-order valence-corrected chi connectivity index (χ1v) is 12.8. The number of hydrogen-bond acceptors (Lipinski definition) is 5. The molecule has 166 valence electrons. The van der Waals surface area contributed by atoms with Crippen LogP contribution in [0.1, 0.15) is 58.1 Å². The van der Waals surface area contributed by atoms with Crippen molar-refractivity contribution in [1.29, 1.82) is 0 Å². The maximum atomic E-state index is 12.1. The molecule has 0 radical (unpaired) electrons. The molecule has 1 aromatic rings. The second-order valence-corrected chi connectivity index (χ2v) is 11.9. The highest BCUT2D eigenvalue weighted by atomic mass is 32.2. The van der Waals surface area contributed by atoms with E-state index < -0.39 is 9.84 Å². The number of sulfone groups is 1. The van der Waals surface area contributed by atoms with Crippen molar-refractivity contribution in [2.24, 2.45) is 11.8 Å². The lowest BCUT2D eigenvalue weighted by Gasteiger charge is -2.37. The van der Waals surface area contributed by atoms with E-state index in [0.717, 1.165) is 37.9 Å². The summed E-state index contributed by atoms with van der Waals surface area (Å²) in [6.07, 6.45) is 7.45. The summed E-state index contributed by atoms with van der Waals surface area (Å²) in [5, 5.41) is 0. The molecule has 5 nitrogen and oxygen atoms in total. The van der Waals surface area contributed by atoms with Gasteiger partial charge in [-0.1, -0.05) is 26.0 Å². The first kappa shape index (κ1) is 23.2. The number of fused-ring (bicyclic) bond motifs is 1. The third kappa shape index (κ3) is 5.59. The van der Waals surface area contributed by atoms with Crippen molar-refractivity contribution in [2.45, 2.75) is 76.6 Å². The molecule has 2 aliphatic rings. The summed E-state index contributed by atoms with van der Waals surface area (Å²) in [6, 6.07) is 5.49. The molecule has 0 saturated carbocycles. The van der Waals surface area contributed by atoms with Crippen molar-refractivity contribution in [3.05, 3.63) is 41.5 Å². The van der Waals surface area contributed by atoms with Crippen LogP contribution >= 0.6 is 0 Å². The molecule has 0 amide bonds. The van der Waals surface area contributed by atoms with Crippen LogP contribution in [0.25, 0.3) is 0 Å². The smallest absolute Gasteiger partial charge is 0.184 e. The van der Waals surface area contributed by atoms with Crippen LogP contribution in [0, 0.1) is 11.8 Å². The van der Waals surface area contributed by atoms with E-state index in [0.29, 0.717) is 23.3 Å². The van der Waals surface area contributed by atoms with Gasteiger partial charge in [-0.2, -0.15) is 0 Å². The SMILES string of the molecule is CC(C)COC1CC(CCC(C)(C)N2Cc3ccc(S(C)(=O)=O)cc3C2)C=CC1=O. The molecule has 0 spiro atoms. The van der Waals surface area contributed by atoms with Gasteiger partial charge in [0.1, 0.15) is 6.10 Å². The first-order valence-electron chi connectivity index (χ1n) is 10.9. The summed E-state index contributed by atoms with van der Waals surface area (Å²) in [6.45, 7) is 10.9. The highest BCUT2D eigenvalue weighted by molar-refractivity contribution is 7.90. The molecule has 0 bridgehead atoms. The van der Waals surface area contributed by atoms with Gasteiger partial charge in [-0.3, -0.25) is 9.69 Å². The van der Waals surface area contributed by atoms with Gasteiger partial charge in [-0.05, 0) is 74.3 Å². The van der Waals surface area contributed by atoms with Gasteiger partial charge in [0.15, 0.2) is 15.6 Å². The number of rotatable bonds is 8. The van der Waals surface area contributed by atoms with E-state index in [1.165, 1.54) is 11.8 Å². The molecule has 2 atom stereocenters. The molecule has 3 rings (SSSR count). The van der Waals surface area contributed by atoms with Gasteiger partial charge < -0.3 is 4.74 Å². The number of ketones is 1. The zero-order valence-corrected chi connectivity index (χ0v) is 19.7. The Labute approximate surface area is 181 Å². The van der Waals surface area contributed by atoms with Crippen molar-refractivity contribution in [1.82, 2.24) is 4.90 Å². The molecule has 30 heavy (non-hydrogen) atoms. The van der Waals surface area contributed by atoms with Crippen molar-refractivity contribution < 1.29 is 17.9 Å². The zero-order chi connectivity index (χ0) is 22.1. The summed E-state index contributed by atoms with van der Waals surface area (Å²) < 4.78 is 29.6. The Balaban J connectivity index is 1.59. The summed E-state index contributed by atoms with van der Waals surface area (Å²) in [5.41, 5.74) is 2.30. The van der Waals surface area contributed by atoms with Crippen LogP contribution in [0.3, 0.4) is 0 Å². The maximum absolute atomic E-state index is 12.1. The average Bonchev–Trinajstić information content (AvgIpc) is 3.10. The summed E-state index contributed by atoms with van der Waals surface area (Å²) in [5.74, 6) is 0.852. The monoisotopic (exact) mass is 433 g/mol. The quantitative estimate of drug-likeness (QED) is 0.616. The fraction of sp³-hybridized carbons (Fsp3) is 0.625. The fourth-order valence-corrected chi connectivity index (χ4v) is 4.88. The predicted molar refractivity (Wildman–Crippen MR) is 119 cm³/mol. The highest BCUT2D eigenvalue weighted by Gasteiger charge is 2.33. The Morgan fingerprint density at radius 1 is 1.20 bits per heavy atom. The summed E-state index contributed by atoms with van der Waals surface area (Å²) in [4.78, 5) is 14.9. The number of carbonyl (C=O) groups excluding carboxylic acids is 1. The third-order valence-electron chi connectivity index (χ3n) is 6.31. The molecule has 0 fully saturated rings. The minimum absolute atomic E-state index is 0.0200. The van der Waals surface area contributed by atoms with E-state index >= 15 is 0 Å². The van der Waals surface area contributed by atoms with Crippen LogP contribution in [-0.4, -0.2) is 43.6 Å². The largest absolute Gasteiger partial charge is 0.370 e. The molecule has 1 aliphatic carbocycles. The van der Waals surface area contributed by atoms with Gasteiger partial charge in [0.25, 0.3) is 0 Å². The van der Waals surface area contributed by atoms with Crippen molar-refractivity contribution in [2.75, 3.05) is 12.9 Å². The highest BCUT2D eigenvalue weighted by Crippen LogP contribution is 2.35. The Bertz CT molecular complexity index is 917. The Kier molecular flexibility index (Phi) is 6.90. The number of allylic oxidation sites excluding steroid dienone is 1. The first-order chi connectivity index (χ1) is 14.0. The molecular formula is C24H35NO4S. The molecule has 0 aromatic heterocycles. The predicted octanol–water partition coefficient (Wildman–Crippen LogP) is 4.15. The molecule has 1 aliphatic heterocycles. The molecule has 0 saturated heterocycles.